The number of carbonyl (C=O) groups excluding carboxylic acids is 2. The Balaban J connectivity index is 1.73. The predicted molar refractivity (Wildman–Crippen MR) is 97.0 cm³/mol. The zero-order valence-electron chi connectivity index (χ0n) is 14.8. The van der Waals surface area contributed by atoms with Crippen LogP contribution in [0.15, 0.2) is 34.9 Å². The monoisotopic (exact) mass is 379 g/mol. The molecule has 1 amide bonds. The maximum atomic E-state index is 13.7. The molecule has 1 aliphatic carbocycles. The first-order valence-electron chi connectivity index (χ1n) is 8.72. The second kappa shape index (κ2) is 8.12. The van der Waals surface area contributed by atoms with Crippen LogP contribution in [0.5, 0.6) is 5.75 Å². The predicted octanol–water partition coefficient (Wildman–Crippen LogP) is 3.40. The van der Waals surface area contributed by atoms with Crippen LogP contribution < -0.4 is 10.1 Å². The van der Waals surface area contributed by atoms with E-state index in [-0.39, 0.29) is 16.9 Å². The third-order valence-electron chi connectivity index (χ3n) is 4.74. The van der Waals surface area contributed by atoms with E-state index in [1.54, 1.807) is 19.1 Å². The molecule has 0 radical (unpaired) electrons. The van der Waals surface area contributed by atoms with Crippen LogP contribution in [0.4, 0.5) is 4.39 Å². The van der Waals surface area contributed by atoms with E-state index in [9.17, 15) is 14.0 Å². The highest BCUT2D eigenvalue weighted by Crippen LogP contribution is 2.48. The molecule has 1 fully saturated rings. The van der Waals surface area contributed by atoms with E-state index >= 15 is 0 Å². The zero-order valence-corrected chi connectivity index (χ0v) is 15.6. The number of methoxy groups -OCH3 is 1. The molecule has 1 aromatic rings. The quantitative estimate of drug-likeness (QED) is 0.795. The van der Waals surface area contributed by atoms with Crippen molar-refractivity contribution in [3.8, 4) is 5.75 Å². The Morgan fingerprint density at radius 1 is 1.27 bits per heavy atom. The van der Waals surface area contributed by atoms with E-state index in [1.165, 1.54) is 31.0 Å². The van der Waals surface area contributed by atoms with Gasteiger partial charge in [-0.3, -0.25) is 4.79 Å². The highest BCUT2D eigenvalue weighted by molar-refractivity contribution is 8.04. The molecular weight excluding hydrogens is 357 g/mol. The number of amides is 1. The number of ether oxygens (including phenoxy) is 2. The summed E-state index contributed by atoms with van der Waals surface area (Å²) in [5, 5.41) is 3.63. The number of nitrogens with one attached hydrogen (secondary N) is 1. The maximum Gasteiger partial charge on any atom is 0.336 e. The van der Waals surface area contributed by atoms with E-state index in [0.29, 0.717) is 10.6 Å². The van der Waals surface area contributed by atoms with Crippen LogP contribution in [-0.4, -0.2) is 30.3 Å². The van der Waals surface area contributed by atoms with Crippen molar-refractivity contribution in [3.05, 3.63) is 40.7 Å². The Morgan fingerprint density at radius 2 is 2.00 bits per heavy atom. The fraction of sp³-hybridized carbons (Fsp3) is 0.474. The normalized spacial score (nSPS) is 23.2. The lowest BCUT2D eigenvalue weighted by molar-refractivity contribution is -0.136. The molecule has 1 heterocycles. The van der Waals surface area contributed by atoms with Gasteiger partial charge in [0.2, 0.25) is 0 Å². The third-order valence-corrected chi connectivity index (χ3v) is 6.16. The Hall–Kier alpha value is -2.02. The first-order chi connectivity index (χ1) is 12.5. The summed E-state index contributed by atoms with van der Waals surface area (Å²) in [7, 11) is 1.35. The van der Waals surface area contributed by atoms with Crippen LogP contribution in [0, 0.1) is 11.7 Å². The third kappa shape index (κ3) is 3.87. The molecule has 140 valence electrons. The van der Waals surface area contributed by atoms with Gasteiger partial charge in [0, 0.05) is 11.2 Å². The fourth-order valence-electron chi connectivity index (χ4n) is 3.40. The first kappa shape index (κ1) is 18.8. The number of esters is 1. The van der Waals surface area contributed by atoms with Crippen molar-refractivity contribution < 1.29 is 23.5 Å². The van der Waals surface area contributed by atoms with E-state index in [4.69, 9.17) is 9.47 Å². The largest absolute Gasteiger partial charge is 0.478 e. The second-order valence-corrected chi connectivity index (χ2v) is 7.71. The molecule has 0 spiro atoms. The van der Waals surface area contributed by atoms with E-state index in [0.717, 1.165) is 25.7 Å². The van der Waals surface area contributed by atoms with Gasteiger partial charge in [-0.05, 0) is 31.9 Å². The molecule has 3 atom stereocenters. The minimum atomic E-state index is -0.901. The summed E-state index contributed by atoms with van der Waals surface area (Å²) in [5.41, 5.74) is 0.550. The summed E-state index contributed by atoms with van der Waals surface area (Å²) in [6.45, 7) is 1.55. The summed E-state index contributed by atoms with van der Waals surface area (Å²) >= 11 is 1.52. The van der Waals surface area contributed by atoms with Crippen molar-refractivity contribution in [1.82, 2.24) is 5.32 Å². The minimum absolute atomic E-state index is 0.0186. The lowest BCUT2D eigenvalue weighted by Gasteiger charge is -2.25. The molecule has 2 aliphatic rings. The lowest BCUT2D eigenvalue weighted by Crippen LogP contribution is -2.36. The molecule has 0 saturated heterocycles. The Kier molecular flexibility index (Phi) is 5.86. The smallest absolute Gasteiger partial charge is 0.336 e. The summed E-state index contributed by atoms with van der Waals surface area (Å²) in [6, 6.07) is 5.93. The SMILES string of the molecule is COC(=O)C1=C(NC(=O)C(C)Oc2ccccc2F)SC2CCCCC12. The van der Waals surface area contributed by atoms with E-state index in [2.05, 4.69) is 5.32 Å². The molecule has 0 bridgehead atoms. The number of benzene rings is 1. The van der Waals surface area contributed by atoms with Gasteiger partial charge in [-0.2, -0.15) is 0 Å². The summed E-state index contributed by atoms with van der Waals surface area (Å²) in [6.07, 6.45) is 3.22. The van der Waals surface area contributed by atoms with E-state index in [1.807, 2.05) is 0 Å². The van der Waals surface area contributed by atoms with Crippen LogP contribution in [0.3, 0.4) is 0 Å². The van der Waals surface area contributed by atoms with Gasteiger partial charge in [0.25, 0.3) is 5.91 Å². The van der Waals surface area contributed by atoms with Crippen molar-refractivity contribution >= 4 is 23.6 Å². The first-order valence-corrected chi connectivity index (χ1v) is 9.60. The maximum absolute atomic E-state index is 13.7. The van der Waals surface area contributed by atoms with E-state index < -0.39 is 23.8 Å². The molecule has 0 aromatic heterocycles. The summed E-state index contributed by atoms with van der Waals surface area (Å²) in [4.78, 5) is 24.8. The van der Waals surface area contributed by atoms with Gasteiger partial charge in [0.1, 0.15) is 0 Å². The van der Waals surface area contributed by atoms with Crippen LogP contribution in [0.25, 0.3) is 0 Å². The lowest BCUT2D eigenvalue weighted by atomic mass is 9.84. The van der Waals surface area contributed by atoms with Crippen LogP contribution >= 0.6 is 11.8 Å². The average molecular weight is 379 g/mol. The van der Waals surface area contributed by atoms with Gasteiger partial charge < -0.3 is 14.8 Å². The summed E-state index contributed by atoms with van der Waals surface area (Å²) in [5.74, 6) is -1.21. The number of halogens is 1. The number of hydrogen-bond acceptors (Lipinski definition) is 5. The van der Waals surface area contributed by atoms with Crippen molar-refractivity contribution in [3.63, 3.8) is 0 Å². The molecule has 1 N–H and O–H groups in total. The number of carbonyl (C=O) groups is 2. The Labute approximate surface area is 156 Å². The molecule has 1 aromatic carbocycles. The Morgan fingerprint density at radius 3 is 2.73 bits per heavy atom. The average Bonchev–Trinajstić information content (AvgIpc) is 3.00. The molecule has 26 heavy (non-hydrogen) atoms. The molecule has 3 rings (SSSR count). The molecule has 7 heteroatoms. The van der Waals surface area contributed by atoms with Gasteiger partial charge >= 0.3 is 5.97 Å². The minimum Gasteiger partial charge on any atom is -0.478 e. The Bertz CT molecular complexity index is 736. The molecule has 1 saturated carbocycles. The van der Waals surface area contributed by atoms with Crippen molar-refractivity contribution in [2.45, 2.75) is 44.0 Å². The number of fused-ring (bicyclic) bond motifs is 1. The molecule has 5 nitrogen and oxygen atoms in total. The van der Waals surface area contributed by atoms with Crippen LogP contribution in [0.1, 0.15) is 32.6 Å². The van der Waals surface area contributed by atoms with Crippen molar-refractivity contribution in [2.75, 3.05) is 7.11 Å². The second-order valence-electron chi connectivity index (χ2n) is 6.46. The number of para-hydroxylation sites is 1. The standard InChI is InChI=1S/C19H22FNO4S/c1-11(25-14-9-5-4-8-13(14)20)17(22)21-18-16(19(23)24-2)12-7-3-6-10-15(12)26-18/h4-5,8-9,11-12,15H,3,6-7,10H2,1-2H3,(H,21,22). The highest BCUT2D eigenvalue weighted by atomic mass is 32.2. The topological polar surface area (TPSA) is 64.6 Å². The van der Waals surface area contributed by atoms with Crippen LogP contribution in [-0.2, 0) is 14.3 Å². The van der Waals surface area contributed by atoms with Crippen molar-refractivity contribution in [2.24, 2.45) is 5.92 Å². The highest BCUT2D eigenvalue weighted by Gasteiger charge is 2.41. The van der Waals surface area contributed by atoms with Gasteiger partial charge in [-0.25, -0.2) is 9.18 Å². The van der Waals surface area contributed by atoms with Gasteiger partial charge in [-0.1, -0.05) is 25.0 Å². The fourth-order valence-corrected chi connectivity index (χ4v) is 4.94. The number of hydrogen-bond donors (Lipinski definition) is 1. The summed E-state index contributed by atoms with van der Waals surface area (Å²) < 4.78 is 24.0. The van der Waals surface area contributed by atoms with Gasteiger partial charge in [0.15, 0.2) is 17.7 Å². The van der Waals surface area contributed by atoms with Crippen LogP contribution in [0.2, 0.25) is 0 Å². The number of thioether (sulfide) groups is 1. The number of rotatable bonds is 5. The van der Waals surface area contributed by atoms with Crippen molar-refractivity contribution in [1.29, 1.82) is 0 Å². The zero-order chi connectivity index (χ0) is 18.7. The van der Waals surface area contributed by atoms with Gasteiger partial charge in [0.05, 0.1) is 17.7 Å². The van der Waals surface area contributed by atoms with Gasteiger partial charge in [-0.15, -0.1) is 11.8 Å². The molecule has 1 aliphatic heterocycles. The molecule has 3 unspecified atom stereocenters. The molecular formula is C19H22FNO4S.